The van der Waals surface area contributed by atoms with E-state index in [4.69, 9.17) is 5.26 Å². The monoisotopic (exact) mass is 287 g/mol. The van der Waals surface area contributed by atoms with Gasteiger partial charge in [0.15, 0.2) is 0 Å². The molecule has 2 rings (SSSR count). The molecule has 0 spiro atoms. The number of carbonyl (C=O) groups excluding carboxylic acids is 1. The molecule has 0 unspecified atom stereocenters. The van der Waals surface area contributed by atoms with Crippen molar-refractivity contribution in [2.45, 2.75) is 0 Å². The number of anilines is 2. The van der Waals surface area contributed by atoms with Crippen LogP contribution in [0, 0.1) is 23.0 Å². The average molecular weight is 287 g/mol. The van der Waals surface area contributed by atoms with E-state index < -0.39 is 11.6 Å². The second kappa shape index (κ2) is 6.48. The highest BCUT2D eigenvalue weighted by Crippen LogP contribution is 2.15. The predicted octanol–water partition coefficient (Wildman–Crippen LogP) is 2.89. The summed E-state index contributed by atoms with van der Waals surface area (Å²) >= 11 is 0. The lowest BCUT2D eigenvalue weighted by Gasteiger charge is -2.09. The summed E-state index contributed by atoms with van der Waals surface area (Å²) in [6.45, 7) is -0.0995. The topological polar surface area (TPSA) is 64.9 Å². The maximum absolute atomic E-state index is 13.0. The van der Waals surface area contributed by atoms with E-state index >= 15 is 0 Å². The average Bonchev–Trinajstić information content (AvgIpc) is 2.48. The molecule has 0 bridgehead atoms. The van der Waals surface area contributed by atoms with Crippen LogP contribution in [0.1, 0.15) is 5.56 Å². The van der Waals surface area contributed by atoms with Gasteiger partial charge in [-0.15, -0.1) is 0 Å². The van der Waals surface area contributed by atoms with Crippen LogP contribution in [0.15, 0.2) is 42.5 Å². The highest BCUT2D eigenvalue weighted by Gasteiger charge is 2.06. The van der Waals surface area contributed by atoms with E-state index in [1.54, 1.807) is 0 Å². The molecule has 1 amide bonds. The lowest BCUT2D eigenvalue weighted by Crippen LogP contribution is -2.22. The maximum Gasteiger partial charge on any atom is 0.243 e. The summed E-state index contributed by atoms with van der Waals surface area (Å²) in [6, 6.07) is 10.8. The van der Waals surface area contributed by atoms with Crippen LogP contribution < -0.4 is 10.6 Å². The molecule has 6 heteroatoms. The van der Waals surface area contributed by atoms with Crippen molar-refractivity contribution in [3.05, 3.63) is 59.7 Å². The van der Waals surface area contributed by atoms with Gasteiger partial charge in [-0.05, 0) is 42.5 Å². The number of nitrogens with zero attached hydrogens (tertiary/aromatic N) is 1. The fraction of sp³-hybridized carbons (Fsp3) is 0.0667. The van der Waals surface area contributed by atoms with Crippen molar-refractivity contribution in [2.24, 2.45) is 0 Å². The molecule has 0 saturated heterocycles. The Morgan fingerprint density at radius 3 is 2.43 bits per heavy atom. The minimum atomic E-state index is -0.520. The number of carbonyl (C=O) groups is 1. The van der Waals surface area contributed by atoms with Gasteiger partial charge in [-0.2, -0.15) is 5.26 Å². The Labute approximate surface area is 120 Å². The summed E-state index contributed by atoms with van der Waals surface area (Å²) in [5, 5.41) is 14.2. The maximum atomic E-state index is 13.0. The Morgan fingerprint density at radius 2 is 1.76 bits per heavy atom. The molecule has 0 aliphatic carbocycles. The predicted molar refractivity (Wildman–Crippen MR) is 74.6 cm³/mol. The molecule has 21 heavy (non-hydrogen) atoms. The molecule has 0 radical (unpaired) electrons. The number of rotatable bonds is 4. The Hall–Kier alpha value is -2.94. The molecule has 0 aromatic heterocycles. The van der Waals surface area contributed by atoms with Crippen LogP contribution in [0.2, 0.25) is 0 Å². The smallest absolute Gasteiger partial charge is 0.243 e. The number of benzene rings is 2. The van der Waals surface area contributed by atoms with Crippen LogP contribution in [-0.4, -0.2) is 12.5 Å². The van der Waals surface area contributed by atoms with E-state index in [-0.39, 0.29) is 18.0 Å². The fourth-order valence-corrected chi connectivity index (χ4v) is 1.68. The molecule has 4 nitrogen and oxygen atoms in total. The Morgan fingerprint density at radius 1 is 1.10 bits per heavy atom. The van der Waals surface area contributed by atoms with Crippen molar-refractivity contribution in [3.63, 3.8) is 0 Å². The molecule has 2 N–H and O–H groups in total. The number of amides is 1. The highest BCUT2D eigenvalue weighted by molar-refractivity contribution is 5.93. The van der Waals surface area contributed by atoms with Gasteiger partial charge in [0.05, 0.1) is 17.8 Å². The number of hydrogen-bond donors (Lipinski definition) is 2. The highest BCUT2D eigenvalue weighted by atomic mass is 19.1. The van der Waals surface area contributed by atoms with Crippen LogP contribution >= 0.6 is 0 Å². The normalized spacial score (nSPS) is 9.76. The minimum absolute atomic E-state index is 0.0995. The Bertz CT molecular complexity index is 693. The van der Waals surface area contributed by atoms with Crippen LogP contribution in [0.5, 0.6) is 0 Å². The van der Waals surface area contributed by atoms with Gasteiger partial charge in [0.25, 0.3) is 0 Å². The van der Waals surface area contributed by atoms with Crippen molar-refractivity contribution in [1.82, 2.24) is 0 Å². The van der Waals surface area contributed by atoms with Crippen molar-refractivity contribution < 1.29 is 13.6 Å². The quantitative estimate of drug-likeness (QED) is 0.908. The van der Waals surface area contributed by atoms with E-state index in [2.05, 4.69) is 10.6 Å². The molecular weight excluding hydrogens is 276 g/mol. The molecule has 2 aromatic carbocycles. The second-order valence-corrected chi connectivity index (χ2v) is 4.21. The second-order valence-electron chi connectivity index (χ2n) is 4.21. The molecule has 0 fully saturated rings. The zero-order valence-corrected chi connectivity index (χ0v) is 10.9. The van der Waals surface area contributed by atoms with Gasteiger partial charge >= 0.3 is 0 Å². The molecule has 0 aliphatic heterocycles. The molecule has 0 atom stereocenters. The van der Waals surface area contributed by atoms with Crippen molar-refractivity contribution in [1.29, 1.82) is 5.26 Å². The van der Waals surface area contributed by atoms with E-state index in [0.29, 0.717) is 11.4 Å². The van der Waals surface area contributed by atoms with Gasteiger partial charge < -0.3 is 10.6 Å². The van der Waals surface area contributed by atoms with Crippen LogP contribution in [0.25, 0.3) is 0 Å². The van der Waals surface area contributed by atoms with Gasteiger partial charge in [-0.1, -0.05) is 0 Å². The summed E-state index contributed by atoms with van der Waals surface area (Å²) in [6.07, 6.45) is 0. The van der Waals surface area contributed by atoms with E-state index in [1.807, 2.05) is 6.07 Å². The van der Waals surface area contributed by atoms with E-state index in [9.17, 15) is 13.6 Å². The van der Waals surface area contributed by atoms with Crippen molar-refractivity contribution in [2.75, 3.05) is 17.2 Å². The first-order chi connectivity index (χ1) is 10.1. The number of nitrogens with one attached hydrogen (secondary N) is 2. The van der Waals surface area contributed by atoms with Gasteiger partial charge in [0, 0.05) is 5.69 Å². The third-order valence-corrected chi connectivity index (χ3v) is 2.67. The molecule has 106 valence electrons. The summed E-state index contributed by atoms with van der Waals surface area (Å²) in [7, 11) is 0. The van der Waals surface area contributed by atoms with Crippen LogP contribution in [-0.2, 0) is 4.79 Å². The zero-order chi connectivity index (χ0) is 15.2. The minimum Gasteiger partial charge on any atom is -0.375 e. The largest absolute Gasteiger partial charge is 0.375 e. The van der Waals surface area contributed by atoms with Gasteiger partial charge in [0.1, 0.15) is 17.7 Å². The van der Waals surface area contributed by atoms with Crippen LogP contribution in [0.4, 0.5) is 20.2 Å². The first-order valence-electron chi connectivity index (χ1n) is 6.07. The SMILES string of the molecule is N#Cc1cc(F)ccc1NCC(=O)Nc1ccc(F)cc1. The zero-order valence-electron chi connectivity index (χ0n) is 10.9. The van der Waals surface area contributed by atoms with E-state index in [1.165, 1.54) is 36.4 Å². The molecule has 0 saturated carbocycles. The lowest BCUT2D eigenvalue weighted by molar-refractivity contribution is -0.114. The van der Waals surface area contributed by atoms with E-state index in [0.717, 1.165) is 6.07 Å². The molecular formula is C15H11F2N3O. The Kier molecular flexibility index (Phi) is 4.46. The third-order valence-electron chi connectivity index (χ3n) is 2.67. The number of halogens is 2. The number of nitriles is 1. The first kappa shape index (κ1) is 14.5. The fourth-order valence-electron chi connectivity index (χ4n) is 1.68. The first-order valence-corrected chi connectivity index (χ1v) is 6.07. The Balaban J connectivity index is 1.95. The molecule has 0 heterocycles. The molecule has 0 aliphatic rings. The summed E-state index contributed by atoms with van der Waals surface area (Å²) < 4.78 is 25.7. The number of hydrogen-bond acceptors (Lipinski definition) is 3. The van der Waals surface area contributed by atoms with Gasteiger partial charge in [0.2, 0.25) is 5.91 Å². The van der Waals surface area contributed by atoms with Crippen molar-refractivity contribution in [3.8, 4) is 6.07 Å². The summed E-state index contributed by atoms with van der Waals surface area (Å²) in [4.78, 5) is 11.7. The summed E-state index contributed by atoms with van der Waals surface area (Å²) in [5.41, 5.74) is 0.945. The third kappa shape index (κ3) is 4.01. The van der Waals surface area contributed by atoms with Crippen LogP contribution in [0.3, 0.4) is 0 Å². The summed E-state index contributed by atoms with van der Waals surface area (Å²) in [5.74, 6) is -1.28. The van der Waals surface area contributed by atoms with Gasteiger partial charge in [-0.25, -0.2) is 8.78 Å². The molecule has 2 aromatic rings. The lowest BCUT2D eigenvalue weighted by atomic mass is 10.2. The van der Waals surface area contributed by atoms with Gasteiger partial charge in [-0.3, -0.25) is 4.79 Å². The van der Waals surface area contributed by atoms with Crippen molar-refractivity contribution >= 4 is 17.3 Å². The standard InChI is InChI=1S/C15H11F2N3O/c16-11-1-4-13(5-2-11)20-15(21)9-19-14-6-3-12(17)7-10(14)8-18/h1-7,19H,9H2,(H,20,21).